The lowest BCUT2D eigenvalue weighted by Gasteiger charge is -2.41. The molecule has 2 heterocycles. The Labute approximate surface area is 137 Å². The molecule has 23 heavy (non-hydrogen) atoms. The van der Waals surface area contributed by atoms with Crippen LogP contribution in [0.3, 0.4) is 0 Å². The number of aliphatic imine (C=N–C) groups is 1. The van der Waals surface area contributed by atoms with Gasteiger partial charge < -0.3 is 4.74 Å². The molecular weight excluding hydrogens is 286 g/mol. The molecule has 0 saturated heterocycles. The molecule has 0 saturated carbocycles. The third-order valence-electron chi connectivity index (χ3n) is 4.18. The lowest BCUT2D eigenvalue weighted by molar-refractivity contribution is 0.00711. The number of hydrogen-bond acceptors (Lipinski definition) is 4. The summed E-state index contributed by atoms with van der Waals surface area (Å²) in [6, 6.07) is 7.95. The van der Waals surface area contributed by atoms with Gasteiger partial charge in [-0.25, -0.2) is 4.99 Å². The number of terminal acetylenes is 1. The van der Waals surface area contributed by atoms with Gasteiger partial charge in [0.2, 0.25) is 0 Å². The number of allylic oxidation sites excluding steroid dienone is 2. The summed E-state index contributed by atoms with van der Waals surface area (Å²) in [6.07, 6.45) is 9.88. The van der Waals surface area contributed by atoms with Gasteiger partial charge in [-0.15, -0.1) is 6.42 Å². The zero-order valence-electron chi connectivity index (χ0n) is 14.0. The van der Waals surface area contributed by atoms with Crippen LogP contribution in [-0.4, -0.2) is 34.9 Å². The van der Waals surface area contributed by atoms with Crippen molar-refractivity contribution in [2.45, 2.75) is 26.3 Å². The summed E-state index contributed by atoms with van der Waals surface area (Å²) in [4.78, 5) is 4.80. The number of ether oxygens (including phenoxy) is 1. The lowest BCUT2D eigenvalue weighted by Crippen LogP contribution is -2.50. The summed E-state index contributed by atoms with van der Waals surface area (Å²) >= 11 is 0. The van der Waals surface area contributed by atoms with Gasteiger partial charge in [0.15, 0.2) is 0 Å². The van der Waals surface area contributed by atoms with Crippen LogP contribution in [0.2, 0.25) is 0 Å². The molecule has 0 unspecified atom stereocenters. The Morgan fingerprint density at radius 2 is 2.13 bits per heavy atom. The van der Waals surface area contributed by atoms with Crippen LogP contribution in [-0.2, 0) is 0 Å². The minimum Gasteiger partial charge on any atom is -0.497 e. The number of methoxy groups -OCH3 is 1. The van der Waals surface area contributed by atoms with Crippen molar-refractivity contribution in [3.63, 3.8) is 0 Å². The van der Waals surface area contributed by atoms with E-state index in [1.165, 1.54) is 0 Å². The van der Waals surface area contributed by atoms with Crippen LogP contribution in [0.4, 0.5) is 0 Å². The molecule has 0 amide bonds. The molecule has 2 aliphatic rings. The van der Waals surface area contributed by atoms with Gasteiger partial charge in [-0.05, 0) is 45.1 Å². The van der Waals surface area contributed by atoms with Crippen molar-refractivity contribution in [1.29, 1.82) is 0 Å². The van der Waals surface area contributed by atoms with Crippen LogP contribution in [0.25, 0.3) is 0 Å². The highest BCUT2D eigenvalue weighted by Crippen LogP contribution is 2.33. The second-order valence-corrected chi connectivity index (χ2v) is 6.17. The monoisotopic (exact) mass is 307 g/mol. The van der Waals surface area contributed by atoms with E-state index in [2.05, 4.69) is 35.0 Å². The summed E-state index contributed by atoms with van der Waals surface area (Å²) < 4.78 is 5.30. The minimum atomic E-state index is -0.365. The molecule has 1 aromatic carbocycles. The first-order valence-electron chi connectivity index (χ1n) is 7.63. The summed E-state index contributed by atoms with van der Waals surface area (Å²) in [5.74, 6) is 4.60. The van der Waals surface area contributed by atoms with Crippen molar-refractivity contribution >= 4 is 5.71 Å². The third kappa shape index (κ3) is 2.64. The van der Waals surface area contributed by atoms with Crippen molar-refractivity contribution in [3.05, 3.63) is 53.5 Å². The fraction of sp³-hybridized carbons (Fsp3) is 0.316. The van der Waals surface area contributed by atoms with Gasteiger partial charge in [-0.1, -0.05) is 18.1 Å². The van der Waals surface area contributed by atoms with Gasteiger partial charge in [-0.3, -0.25) is 5.01 Å². The molecule has 0 radical (unpaired) electrons. The van der Waals surface area contributed by atoms with Gasteiger partial charge in [0.25, 0.3) is 0 Å². The maximum absolute atomic E-state index is 5.69. The standard InChI is InChI=1S/C19H21N3O/c1-6-19(3,4)21-11-10-18-20-17(12-14(2)22(18)21)15-8-7-9-16(13-15)23-5/h1,7-10,12-13H,11H2,2-5H3. The SMILES string of the molecule is C#CC(C)(C)N1CC=C2N=C(c3cccc(OC)c3)C=C(C)N21. The normalized spacial score (nSPS) is 17.9. The minimum absolute atomic E-state index is 0.365. The first-order valence-corrected chi connectivity index (χ1v) is 7.63. The zero-order valence-corrected chi connectivity index (χ0v) is 14.0. The van der Waals surface area contributed by atoms with Crippen LogP contribution in [0.1, 0.15) is 26.3 Å². The van der Waals surface area contributed by atoms with Crippen LogP contribution in [0.5, 0.6) is 5.75 Å². The van der Waals surface area contributed by atoms with E-state index < -0.39 is 0 Å². The maximum Gasteiger partial charge on any atom is 0.145 e. The van der Waals surface area contributed by atoms with Crippen LogP contribution in [0.15, 0.2) is 52.9 Å². The van der Waals surface area contributed by atoms with Crippen LogP contribution < -0.4 is 4.74 Å². The predicted octanol–water partition coefficient (Wildman–Crippen LogP) is 3.19. The Morgan fingerprint density at radius 1 is 1.35 bits per heavy atom. The highest BCUT2D eigenvalue weighted by atomic mass is 16.5. The Bertz CT molecular complexity index is 765. The fourth-order valence-corrected chi connectivity index (χ4v) is 2.82. The van der Waals surface area contributed by atoms with Crippen molar-refractivity contribution in [1.82, 2.24) is 10.0 Å². The van der Waals surface area contributed by atoms with E-state index in [0.717, 1.165) is 35.1 Å². The van der Waals surface area contributed by atoms with E-state index >= 15 is 0 Å². The number of rotatable bonds is 3. The van der Waals surface area contributed by atoms with Gasteiger partial charge in [0.1, 0.15) is 11.6 Å². The van der Waals surface area contributed by atoms with Gasteiger partial charge in [-0.2, -0.15) is 5.01 Å². The average molecular weight is 307 g/mol. The number of fused-ring (bicyclic) bond motifs is 1. The first kappa shape index (κ1) is 15.4. The van der Waals surface area contributed by atoms with Crippen molar-refractivity contribution < 1.29 is 4.74 Å². The maximum atomic E-state index is 5.69. The quantitative estimate of drug-likeness (QED) is 0.803. The fourth-order valence-electron chi connectivity index (χ4n) is 2.82. The second kappa shape index (κ2) is 5.60. The average Bonchev–Trinajstić information content (AvgIpc) is 3.00. The summed E-state index contributed by atoms with van der Waals surface area (Å²) in [5, 5.41) is 4.25. The topological polar surface area (TPSA) is 28.1 Å². The lowest BCUT2D eigenvalue weighted by atomic mass is 10.1. The zero-order chi connectivity index (χ0) is 16.6. The van der Waals surface area contributed by atoms with E-state index in [1.54, 1.807) is 7.11 Å². The Balaban J connectivity index is 1.96. The Hall–Kier alpha value is -2.51. The molecule has 0 N–H and O–H groups in total. The number of benzene rings is 1. The molecule has 0 aliphatic carbocycles. The molecule has 118 valence electrons. The second-order valence-electron chi connectivity index (χ2n) is 6.17. The molecule has 0 aromatic heterocycles. The molecule has 4 nitrogen and oxygen atoms in total. The van der Waals surface area contributed by atoms with Crippen molar-refractivity contribution in [3.8, 4) is 18.1 Å². The van der Waals surface area contributed by atoms with Gasteiger partial charge in [0.05, 0.1) is 18.4 Å². The molecule has 2 aliphatic heterocycles. The largest absolute Gasteiger partial charge is 0.497 e. The molecule has 3 rings (SSSR count). The number of hydrogen-bond donors (Lipinski definition) is 0. The molecule has 0 atom stereocenters. The van der Waals surface area contributed by atoms with Crippen molar-refractivity contribution in [2.24, 2.45) is 4.99 Å². The Morgan fingerprint density at radius 3 is 2.83 bits per heavy atom. The van der Waals surface area contributed by atoms with Crippen molar-refractivity contribution in [2.75, 3.05) is 13.7 Å². The summed E-state index contributed by atoms with van der Waals surface area (Å²) in [5.41, 5.74) is 2.71. The van der Waals surface area contributed by atoms with Crippen LogP contribution in [0, 0.1) is 12.3 Å². The molecule has 0 spiro atoms. The van der Waals surface area contributed by atoms with Gasteiger partial charge in [0, 0.05) is 17.8 Å². The van der Waals surface area contributed by atoms with E-state index in [4.69, 9.17) is 16.2 Å². The Kier molecular flexibility index (Phi) is 3.75. The highest BCUT2D eigenvalue weighted by Gasteiger charge is 2.36. The number of hydrazine groups is 1. The molecule has 1 aromatic rings. The molecule has 0 bridgehead atoms. The van der Waals surface area contributed by atoms with E-state index in [1.807, 2.05) is 38.1 Å². The third-order valence-corrected chi connectivity index (χ3v) is 4.18. The van der Waals surface area contributed by atoms with Gasteiger partial charge >= 0.3 is 0 Å². The number of nitrogens with zero attached hydrogens (tertiary/aromatic N) is 3. The van der Waals surface area contributed by atoms with E-state index in [-0.39, 0.29) is 5.54 Å². The first-order chi connectivity index (χ1) is 11.0. The predicted molar refractivity (Wildman–Crippen MR) is 92.8 cm³/mol. The molecule has 0 fully saturated rings. The highest BCUT2D eigenvalue weighted by molar-refractivity contribution is 6.10. The van der Waals surface area contributed by atoms with Crippen LogP contribution >= 0.6 is 0 Å². The molecular formula is C19H21N3O. The summed E-state index contributed by atoms with van der Waals surface area (Å²) in [7, 11) is 1.67. The van der Waals surface area contributed by atoms with E-state index in [9.17, 15) is 0 Å². The summed E-state index contributed by atoms with van der Waals surface area (Å²) in [6.45, 7) is 6.91. The molecule has 4 heteroatoms. The van der Waals surface area contributed by atoms with E-state index in [0.29, 0.717) is 0 Å². The smallest absolute Gasteiger partial charge is 0.145 e.